The molecule has 0 radical (unpaired) electrons. The number of para-hydroxylation sites is 1. The summed E-state index contributed by atoms with van der Waals surface area (Å²) in [6, 6.07) is 6.34. The Bertz CT molecular complexity index is 642. The zero-order valence-corrected chi connectivity index (χ0v) is 10.5. The van der Waals surface area contributed by atoms with Crippen molar-refractivity contribution in [2.75, 3.05) is 5.43 Å². The van der Waals surface area contributed by atoms with Gasteiger partial charge in [0.15, 0.2) is 5.82 Å². The Hall–Kier alpha value is -2.54. The first kappa shape index (κ1) is 12.9. The van der Waals surface area contributed by atoms with Gasteiger partial charge in [-0.2, -0.15) is 0 Å². The number of anilines is 1. The fourth-order valence-electron chi connectivity index (χ4n) is 1.71. The van der Waals surface area contributed by atoms with Crippen molar-refractivity contribution in [2.45, 2.75) is 13.8 Å². The maximum atomic E-state index is 11.0. The fraction of sp³-hybridized carbons (Fsp3) is 0.167. The van der Waals surface area contributed by atoms with Gasteiger partial charge in [0, 0.05) is 17.3 Å². The molecule has 0 aliphatic rings. The Kier molecular flexibility index (Phi) is 3.39. The lowest BCUT2D eigenvalue weighted by atomic mass is 10.1. The van der Waals surface area contributed by atoms with Crippen molar-refractivity contribution in [3.8, 4) is 11.4 Å². The Labute approximate surface area is 109 Å². The summed E-state index contributed by atoms with van der Waals surface area (Å²) in [5.74, 6) is 6.13. The molecule has 0 aliphatic heterocycles. The molecule has 0 atom stereocenters. The molecule has 0 aliphatic carbocycles. The van der Waals surface area contributed by atoms with Crippen molar-refractivity contribution < 1.29 is 4.92 Å². The number of hydrazine groups is 1. The van der Waals surface area contributed by atoms with E-state index in [2.05, 4.69) is 15.4 Å². The Morgan fingerprint density at radius 3 is 2.58 bits per heavy atom. The van der Waals surface area contributed by atoms with Gasteiger partial charge in [-0.3, -0.25) is 10.1 Å². The van der Waals surface area contributed by atoms with Gasteiger partial charge in [0.2, 0.25) is 0 Å². The minimum atomic E-state index is -0.455. The van der Waals surface area contributed by atoms with E-state index >= 15 is 0 Å². The highest BCUT2D eigenvalue weighted by atomic mass is 16.6. The normalized spacial score (nSPS) is 10.3. The molecule has 0 bridgehead atoms. The average molecular weight is 259 g/mol. The largest absolute Gasteiger partial charge is 0.308 e. The number of benzene rings is 1. The van der Waals surface area contributed by atoms with Crippen molar-refractivity contribution in [2.24, 2.45) is 5.84 Å². The highest BCUT2D eigenvalue weighted by molar-refractivity contribution is 5.69. The van der Waals surface area contributed by atoms with Crippen molar-refractivity contribution in [3.05, 3.63) is 45.6 Å². The molecule has 2 aromatic rings. The third-order valence-electron chi connectivity index (χ3n) is 2.87. The van der Waals surface area contributed by atoms with Crippen LogP contribution in [-0.4, -0.2) is 14.9 Å². The minimum Gasteiger partial charge on any atom is -0.308 e. The second-order valence-electron chi connectivity index (χ2n) is 4.02. The van der Waals surface area contributed by atoms with Gasteiger partial charge >= 0.3 is 0 Å². The molecule has 7 heteroatoms. The molecule has 0 amide bonds. The molecule has 98 valence electrons. The molecule has 2 rings (SSSR count). The van der Waals surface area contributed by atoms with Crippen LogP contribution in [0.3, 0.4) is 0 Å². The summed E-state index contributed by atoms with van der Waals surface area (Å²) in [7, 11) is 0. The van der Waals surface area contributed by atoms with E-state index in [9.17, 15) is 10.1 Å². The fourth-order valence-corrected chi connectivity index (χ4v) is 1.71. The van der Waals surface area contributed by atoms with Crippen LogP contribution < -0.4 is 11.3 Å². The third kappa shape index (κ3) is 2.36. The van der Waals surface area contributed by atoms with Crippen molar-refractivity contribution >= 4 is 11.5 Å². The monoisotopic (exact) mass is 259 g/mol. The maximum Gasteiger partial charge on any atom is 0.280 e. The molecular weight excluding hydrogens is 246 g/mol. The van der Waals surface area contributed by atoms with E-state index in [0.717, 1.165) is 11.3 Å². The number of rotatable bonds is 3. The first-order valence-electron chi connectivity index (χ1n) is 5.60. The van der Waals surface area contributed by atoms with Gasteiger partial charge in [-0.1, -0.05) is 12.1 Å². The summed E-state index contributed by atoms with van der Waals surface area (Å²) in [5, 5.41) is 11.0. The van der Waals surface area contributed by atoms with Gasteiger partial charge in [-0.25, -0.2) is 15.8 Å². The number of hydrogen-bond acceptors (Lipinski definition) is 6. The molecule has 0 saturated carbocycles. The van der Waals surface area contributed by atoms with E-state index in [1.165, 1.54) is 6.07 Å². The Balaban J connectivity index is 2.66. The van der Waals surface area contributed by atoms with Gasteiger partial charge in [-0.15, -0.1) is 0 Å². The van der Waals surface area contributed by atoms with E-state index in [0.29, 0.717) is 11.4 Å². The van der Waals surface area contributed by atoms with E-state index < -0.39 is 4.92 Å². The highest BCUT2D eigenvalue weighted by Gasteiger charge is 2.18. The topological polar surface area (TPSA) is 107 Å². The number of nitrogens with two attached hydrogens (primary N) is 1. The summed E-state index contributed by atoms with van der Waals surface area (Å²) in [6.07, 6.45) is 0. The molecule has 1 aromatic heterocycles. The van der Waals surface area contributed by atoms with Crippen LogP contribution in [0, 0.1) is 24.0 Å². The van der Waals surface area contributed by atoms with Crippen molar-refractivity contribution in [3.63, 3.8) is 0 Å². The van der Waals surface area contributed by atoms with Crippen LogP contribution in [0.25, 0.3) is 11.4 Å². The zero-order chi connectivity index (χ0) is 14.0. The summed E-state index contributed by atoms with van der Waals surface area (Å²) in [4.78, 5) is 19.1. The van der Waals surface area contributed by atoms with Crippen LogP contribution in [0.5, 0.6) is 0 Å². The summed E-state index contributed by atoms with van der Waals surface area (Å²) in [5.41, 5.74) is 4.34. The molecule has 0 spiro atoms. The third-order valence-corrected chi connectivity index (χ3v) is 2.87. The SMILES string of the molecule is Cc1nc(-c2ccccc2[N+](=O)[O-])nc(NN)c1C. The van der Waals surface area contributed by atoms with Crippen LogP contribution in [0.1, 0.15) is 11.3 Å². The van der Waals surface area contributed by atoms with Crippen LogP contribution in [0.15, 0.2) is 24.3 Å². The number of nitrogens with one attached hydrogen (secondary N) is 1. The zero-order valence-electron chi connectivity index (χ0n) is 10.5. The van der Waals surface area contributed by atoms with E-state index in [1.54, 1.807) is 25.1 Å². The van der Waals surface area contributed by atoms with Crippen LogP contribution in [0.2, 0.25) is 0 Å². The van der Waals surface area contributed by atoms with Crippen molar-refractivity contribution in [1.29, 1.82) is 0 Å². The van der Waals surface area contributed by atoms with Gasteiger partial charge in [0.1, 0.15) is 5.82 Å². The number of nitro groups is 1. The molecule has 0 saturated heterocycles. The molecular formula is C12H13N5O2. The molecule has 0 unspecified atom stereocenters. The summed E-state index contributed by atoms with van der Waals surface area (Å²) in [6.45, 7) is 3.63. The van der Waals surface area contributed by atoms with Crippen molar-refractivity contribution in [1.82, 2.24) is 9.97 Å². The standard InChI is InChI=1S/C12H13N5O2/c1-7-8(2)14-12(15-11(7)16-13)9-5-3-4-6-10(9)17(18)19/h3-6H,13H2,1-2H3,(H,14,15,16). The second-order valence-corrected chi connectivity index (χ2v) is 4.02. The smallest absolute Gasteiger partial charge is 0.280 e. The Morgan fingerprint density at radius 2 is 1.95 bits per heavy atom. The van der Waals surface area contributed by atoms with Crippen LogP contribution in [0.4, 0.5) is 11.5 Å². The molecule has 7 nitrogen and oxygen atoms in total. The summed E-state index contributed by atoms with van der Waals surface area (Å²) < 4.78 is 0. The minimum absolute atomic E-state index is 0.0336. The first-order chi connectivity index (χ1) is 9.04. The average Bonchev–Trinajstić information content (AvgIpc) is 2.41. The van der Waals surface area contributed by atoms with Crippen LogP contribution >= 0.6 is 0 Å². The number of aryl methyl sites for hydroxylation is 1. The first-order valence-corrected chi connectivity index (χ1v) is 5.60. The predicted octanol–water partition coefficient (Wildman–Crippen LogP) is 1.95. The Morgan fingerprint density at radius 1 is 1.26 bits per heavy atom. The number of nitrogen functional groups attached to an aromatic ring is 1. The number of nitrogens with zero attached hydrogens (tertiary/aromatic N) is 3. The van der Waals surface area contributed by atoms with Gasteiger partial charge < -0.3 is 5.43 Å². The number of nitro benzene ring substituents is 1. The van der Waals surface area contributed by atoms with E-state index in [-0.39, 0.29) is 11.5 Å². The second kappa shape index (κ2) is 4.99. The lowest BCUT2D eigenvalue weighted by Gasteiger charge is -2.09. The van der Waals surface area contributed by atoms with E-state index in [1.807, 2.05) is 6.92 Å². The molecule has 1 aromatic carbocycles. The maximum absolute atomic E-state index is 11.0. The lowest BCUT2D eigenvalue weighted by Crippen LogP contribution is -2.12. The van der Waals surface area contributed by atoms with Gasteiger partial charge in [0.25, 0.3) is 5.69 Å². The van der Waals surface area contributed by atoms with Gasteiger partial charge in [0.05, 0.1) is 10.5 Å². The molecule has 19 heavy (non-hydrogen) atoms. The molecule has 1 heterocycles. The van der Waals surface area contributed by atoms with E-state index in [4.69, 9.17) is 5.84 Å². The van der Waals surface area contributed by atoms with Crippen LogP contribution in [-0.2, 0) is 0 Å². The van der Waals surface area contributed by atoms with Gasteiger partial charge in [-0.05, 0) is 19.9 Å². The summed E-state index contributed by atoms with van der Waals surface area (Å²) >= 11 is 0. The highest BCUT2D eigenvalue weighted by Crippen LogP contribution is 2.28. The predicted molar refractivity (Wildman–Crippen MR) is 71.4 cm³/mol. The number of hydrogen-bond donors (Lipinski definition) is 2. The molecule has 0 fully saturated rings. The quantitative estimate of drug-likeness (QED) is 0.495. The molecule has 3 N–H and O–H groups in total. The number of aromatic nitrogens is 2. The lowest BCUT2D eigenvalue weighted by molar-refractivity contribution is -0.384.